The summed E-state index contributed by atoms with van der Waals surface area (Å²) >= 11 is 0. The molecule has 17 heavy (non-hydrogen) atoms. The van der Waals surface area contributed by atoms with Crippen LogP contribution in [-0.4, -0.2) is 11.6 Å². The summed E-state index contributed by atoms with van der Waals surface area (Å²) in [4.78, 5) is 12.0. The van der Waals surface area contributed by atoms with E-state index in [2.05, 4.69) is 6.58 Å². The van der Waals surface area contributed by atoms with Crippen LogP contribution in [0.15, 0.2) is 36.4 Å². The largest absolute Gasteiger partial charge is 0.451 e. The van der Waals surface area contributed by atoms with Gasteiger partial charge in [-0.25, -0.2) is 4.79 Å². The van der Waals surface area contributed by atoms with E-state index < -0.39 is 5.60 Å². The molecule has 0 aromatic heterocycles. The number of esters is 1. The highest BCUT2D eigenvalue weighted by Gasteiger charge is 2.43. The fraction of sp³-hybridized carbons (Fsp3) is 0.400. The molecule has 1 atom stereocenters. The lowest BCUT2D eigenvalue weighted by molar-refractivity contribution is -0.0173. The summed E-state index contributed by atoms with van der Waals surface area (Å²) in [5.41, 5.74) is 2.50. The lowest BCUT2D eigenvalue weighted by Gasteiger charge is -2.41. The van der Waals surface area contributed by atoms with Crippen molar-refractivity contribution in [1.82, 2.24) is 0 Å². The van der Waals surface area contributed by atoms with Gasteiger partial charge in [-0.1, -0.05) is 24.8 Å². The van der Waals surface area contributed by atoms with E-state index >= 15 is 0 Å². The first-order chi connectivity index (χ1) is 8.21. The molecular weight excluding hydrogens is 212 g/mol. The summed E-state index contributed by atoms with van der Waals surface area (Å²) in [7, 11) is 0. The molecule has 1 saturated carbocycles. The molecule has 1 unspecified atom stereocenters. The average Bonchev–Trinajstić information content (AvgIpc) is 2.33. The van der Waals surface area contributed by atoms with Crippen molar-refractivity contribution in [2.75, 3.05) is 0 Å². The molecule has 1 aliphatic heterocycles. The quantitative estimate of drug-likeness (QED) is 0.503. The number of hydrogen-bond acceptors (Lipinski definition) is 2. The number of carbonyl (C=O) groups is 1. The summed E-state index contributed by atoms with van der Waals surface area (Å²) in [6.07, 6.45) is 4.99. The fourth-order valence-corrected chi connectivity index (χ4v) is 2.94. The molecule has 2 aliphatic rings. The Morgan fingerprint density at radius 2 is 2.06 bits per heavy atom. The highest BCUT2D eigenvalue weighted by Crippen LogP contribution is 2.41. The maximum Gasteiger partial charge on any atom is 0.339 e. The molecule has 0 radical (unpaired) electrons. The Morgan fingerprint density at radius 3 is 2.88 bits per heavy atom. The van der Waals surface area contributed by atoms with Gasteiger partial charge in [0.2, 0.25) is 0 Å². The molecule has 1 aromatic carbocycles. The number of ether oxygens (including phenoxy) is 1. The van der Waals surface area contributed by atoms with Gasteiger partial charge >= 0.3 is 5.97 Å². The Morgan fingerprint density at radius 1 is 1.24 bits per heavy atom. The monoisotopic (exact) mass is 228 g/mol. The van der Waals surface area contributed by atoms with Crippen LogP contribution >= 0.6 is 0 Å². The summed E-state index contributed by atoms with van der Waals surface area (Å²) < 4.78 is 5.72. The van der Waals surface area contributed by atoms with E-state index in [0.717, 1.165) is 42.4 Å². The van der Waals surface area contributed by atoms with Crippen LogP contribution in [-0.2, 0) is 11.2 Å². The average molecular weight is 228 g/mol. The number of fused-ring (bicyclic) bond motifs is 1. The second kappa shape index (κ2) is 3.73. The molecule has 2 nitrogen and oxygen atoms in total. The predicted molar refractivity (Wildman–Crippen MR) is 65.9 cm³/mol. The van der Waals surface area contributed by atoms with E-state index in [4.69, 9.17) is 4.74 Å². The third-order valence-corrected chi connectivity index (χ3v) is 3.95. The summed E-state index contributed by atoms with van der Waals surface area (Å²) in [6.45, 7) is 4.12. The van der Waals surface area contributed by atoms with E-state index in [0.29, 0.717) is 0 Å². The van der Waals surface area contributed by atoms with Crippen molar-refractivity contribution in [2.24, 2.45) is 0 Å². The maximum atomic E-state index is 12.0. The minimum atomic E-state index is -0.413. The number of hydrogen-bond donors (Lipinski definition) is 0. The molecule has 0 bridgehead atoms. The van der Waals surface area contributed by atoms with Gasteiger partial charge in [0.25, 0.3) is 0 Å². The minimum absolute atomic E-state index is 0.185. The Hall–Kier alpha value is -1.57. The van der Waals surface area contributed by atoms with E-state index in [9.17, 15) is 4.79 Å². The van der Waals surface area contributed by atoms with Gasteiger partial charge < -0.3 is 4.74 Å². The van der Waals surface area contributed by atoms with Gasteiger partial charge in [0.05, 0.1) is 5.56 Å². The van der Waals surface area contributed by atoms with E-state index in [-0.39, 0.29) is 5.97 Å². The molecule has 88 valence electrons. The molecule has 1 aromatic rings. The van der Waals surface area contributed by atoms with Crippen molar-refractivity contribution >= 4 is 5.97 Å². The molecule has 1 aliphatic carbocycles. The first kappa shape index (κ1) is 10.6. The second-order valence-corrected chi connectivity index (χ2v) is 5.03. The molecule has 3 rings (SSSR count). The van der Waals surface area contributed by atoms with Gasteiger partial charge in [0.1, 0.15) is 5.60 Å². The molecular formula is C15H16O2. The maximum absolute atomic E-state index is 12.0. The van der Waals surface area contributed by atoms with Gasteiger partial charge in [-0.3, -0.25) is 0 Å². The molecule has 0 N–H and O–H groups in total. The van der Waals surface area contributed by atoms with Crippen LogP contribution in [0.3, 0.4) is 0 Å². The summed E-state index contributed by atoms with van der Waals surface area (Å²) in [5.74, 6) is -0.185. The van der Waals surface area contributed by atoms with Crippen molar-refractivity contribution in [1.29, 1.82) is 0 Å². The van der Waals surface area contributed by atoms with Crippen LogP contribution in [0, 0.1) is 0 Å². The molecule has 1 fully saturated rings. The van der Waals surface area contributed by atoms with E-state index in [1.54, 1.807) is 0 Å². The van der Waals surface area contributed by atoms with Gasteiger partial charge in [0.15, 0.2) is 0 Å². The van der Waals surface area contributed by atoms with Crippen molar-refractivity contribution in [3.05, 3.63) is 47.5 Å². The van der Waals surface area contributed by atoms with Gasteiger partial charge in [-0.2, -0.15) is 0 Å². The van der Waals surface area contributed by atoms with Crippen LogP contribution in [0.5, 0.6) is 0 Å². The molecule has 1 heterocycles. The number of rotatable bonds is 0. The normalized spacial score (nSPS) is 27.8. The first-order valence-electron chi connectivity index (χ1n) is 6.21. The number of benzene rings is 1. The second-order valence-electron chi connectivity index (χ2n) is 5.03. The van der Waals surface area contributed by atoms with E-state index in [1.807, 2.05) is 24.3 Å². The highest BCUT2D eigenvalue weighted by molar-refractivity contribution is 5.92. The zero-order valence-corrected chi connectivity index (χ0v) is 9.87. The van der Waals surface area contributed by atoms with E-state index in [1.165, 1.54) is 6.42 Å². The van der Waals surface area contributed by atoms with Crippen LogP contribution < -0.4 is 0 Å². The van der Waals surface area contributed by atoms with Gasteiger partial charge in [-0.05, 0) is 42.9 Å². The Balaban J connectivity index is 2.03. The SMILES string of the molecule is C=C1CCCCC12Cc1ccccc1C(=O)O2. The smallest absolute Gasteiger partial charge is 0.339 e. The molecule has 0 saturated heterocycles. The fourth-order valence-electron chi connectivity index (χ4n) is 2.94. The van der Waals surface area contributed by atoms with Crippen molar-refractivity contribution in [3.63, 3.8) is 0 Å². The molecule has 2 heteroatoms. The number of carbonyl (C=O) groups excluding carboxylic acids is 1. The predicted octanol–water partition coefficient (Wildman–Crippen LogP) is 3.27. The third-order valence-electron chi connectivity index (χ3n) is 3.95. The Labute approximate surface area is 101 Å². The lowest BCUT2D eigenvalue weighted by Crippen LogP contribution is -2.44. The van der Waals surface area contributed by atoms with Crippen molar-refractivity contribution in [2.45, 2.75) is 37.7 Å². The topological polar surface area (TPSA) is 26.3 Å². The van der Waals surface area contributed by atoms with Gasteiger partial charge in [0, 0.05) is 6.42 Å². The molecule has 0 amide bonds. The van der Waals surface area contributed by atoms with Gasteiger partial charge in [-0.15, -0.1) is 0 Å². The van der Waals surface area contributed by atoms with Crippen LogP contribution in [0.1, 0.15) is 41.6 Å². The Bertz CT molecular complexity index is 489. The third kappa shape index (κ3) is 1.59. The molecule has 1 spiro atoms. The standard InChI is InChI=1S/C15H16O2/c1-11-6-4-5-9-15(11)10-12-7-2-3-8-13(12)14(16)17-15/h2-3,7-8H,1,4-6,9-10H2. The lowest BCUT2D eigenvalue weighted by atomic mass is 9.75. The van der Waals surface area contributed by atoms with Crippen LogP contribution in [0.4, 0.5) is 0 Å². The summed E-state index contributed by atoms with van der Waals surface area (Å²) in [6, 6.07) is 7.74. The zero-order valence-electron chi connectivity index (χ0n) is 9.87. The minimum Gasteiger partial charge on any atom is -0.451 e. The van der Waals surface area contributed by atoms with Crippen LogP contribution in [0.25, 0.3) is 0 Å². The zero-order chi connectivity index (χ0) is 11.9. The Kier molecular flexibility index (Phi) is 2.32. The first-order valence-corrected chi connectivity index (χ1v) is 6.21. The summed E-state index contributed by atoms with van der Waals surface area (Å²) in [5, 5.41) is 0. The van der Waals surface area contributed by atoms with Crippen LogP contribution in [0.2, 0.25) is 0 Å². The van der Waals surface area contributed by atoms with Crippen molar-refractivity contribution < 1.29 is 9.53 Å². The van der Waals surface area contributed by atoms with Crippen molar-refractivity contribution in [3.8, 4) is 0 Å². The highest BCUT2D eigenvalue weighted by atomic mass is 16.6.